The van der Waals surface area contributed by atoms with Crippen LogP contribution < -0.4 is 31.1 Å². The van der Waals surface area contributed by atoms with Gasteiger partial charge in [0.25, 0.3) is 5.91 Å². The highest BCUT2D eigenvalue weighted by Crippen LogP contribution is 2.25. The van der Waals surface area contributed by atoms with Gasteiger partial charge in [-0.15, -0.1) is 0 Å². The third-order valence-corrected chi connectivity index (χ3v) is 7.55. The van der Waals surface area contributed by atoms with Gasteiger partial charge < -0.3 is 31.1 Å². The van der Waals surface area contributed by atoms with Gasteiger partial charge in [-0.05, 0) is 73.4 Å². The highest BCUT2D eigenvalue weighted by Gasteiger charge is 2.24. The van der Waals surface area contributed by atoms with Crippen LogP contribution in [0.25, 0.3) is 0 Å². The lowest BCUT2D eigenvalue weighted by Gasteiger charge is -2.29. The van der Waals surface area contributed by atoms with E-state index in [1.807, 2.05) is 48.5 Å². The van der Waals surface area contributed by atoms with E-state index in [9.17, 15) is 9.59 Å². The summed E-state index contributed by atoms with van der Waals surface area (Å²) in [6.07, 6.45) is 4.85. The Morgan fingerprint density at radius 1 is 0.795 bits per heavy atom. The first-order valence-corrected chi connectivity index (χ1v) is 14.0. The van der Waals surface area contributed by atoms with Crippen LogP contribution in [0.2, 0.25) is 0 Å². The maximum atomic E-state index is 13.3. The number of anilines is 4. The van der Waals surface area contributed by atoms with E-state index in [1.54, 1.807) is 12.3 Å². The number of piperazine rings is 2. The summed E-state index contributed by atoms with van der Waals surface area (Å²) >= 11 is 0. The van der Waals surface area contributed by atoms with Gasteiger partial charge in [0, 0.05) is 81.3 Å². The van der Waals surface area contributed by atoms with Gasteiger partial charge in [0.1, 0.15) is 5.70 Å². The molecule has 2 unspecified atom stereocenters. The summed E-state index contributed by atoms with van der Waals surface area (Å²) in [4.78, 5) is 35.6. The fourth-order valence-electron chi connectivity index (χ4n) is 5.27. The molecule has 9 nitrogen and oxygen atoms in total. The first kappa shape index (κ1) is 26.9. The Morgan fingerprint density at radius 3 is 1.85 bits per heavy atom. The van der Waals surface area contributed by atoms with Crippen molar-refractivity contribution in [2.75, 3.05) is 72.8 Å². The molecule has 0 radical (unpaired) electrons. The molecule has 0 spiro atoms. The summed E-state index contributed by atoms with van der Waals surface area (Å²) in [6, 6.07) is 15.9. The number of hydrogen-bond donors (Lipinski definition) is 4. The SMILES string of the molecule is CC1CC=NC(C(=O)Nc2ccc(N3CCNCC3)cc2)=CC(C(=O)Nc2ccc(N3CCNCC3)cc2)C1. The quantitative estimate of drug-likeness (QED) is 0.459. The molecule has 3 heterocycles. The van der Waals surface area contributed by atoms with Crippen LogP contribution in [-0.4, -0.2) is 70.4 Å². The van der Waals surface area contributed by atoms with E-state index in [0.29, 0.717) is 18.5 Å². The molecular weight excluding hydrogens is 490 g/mol. The van der Waals surface area contributed by atoms with Crippen LogP contribution in [-0.2, 0) is 9.59 Å². The summed E-state index contributed by atoms with van der Waals surface area (Å²) in [6.45, 7) is 9.89. The molecular formula is C30H39N7O2. The van der Waals surface area contributed by atoms with E-state index in [-0.39, 0.29) is 23.4 Å². The molecule has 0 aromatic heterocycles. The van der Waals surface area contributed by atoms with Crippen LogP contribution in [0.15, 0.2) is 65.3 Å². The molecule has 2 saturated heterocycles. The molecule has 206 valence electrons. The van der Waals surface area contributed by atoms with Crippen LogP contribution in [0.5, 0.6) is 0 Å². The van der Waals surface area contributed by atoms with Crippen LogP contribution >= 0.6 is 0 Å². The zero-order valence-electron chi connectivity index (χ0n) is 22.7. The molecule has 2 aromatic carbocycles. The van der Waals surface area contributed by atoms with Crippen molar-refractivity contribution in [3.8, 4) is 0 Å². The number of aliphatic imine (C=N–C) groups is 1. The largest absolute Gasteiger partial charge is 0.369 e. The number of nitrogens with zero attached hydrogens (tertiary/aromatic N) is 3. The number of rotatable bonds is 6. The van der Waals surface area contributed by atoms with Crippen molar-refractivity contribution in [3.05, 3.63) is 60.3 Å². The second-order valence-corrected chi connectivity index (χ2v) is 10.6. The van der Waals surface area contributed by atoms with Crippen LogP contribution in [0.4, 0.5) is 22.7 Å². The maximum Gasteiger partial charge on any atom is 0.273 e. The fourth-order valence-corrected chi connectivity index (χ4v) is 5.27. The lowest BCUT2D eigenvalue weighted by atomic mass is 9.91. The normalized spacial score (nSPS) is 21.9. The Kier molecular flexibility index (Phi) is 8.90. The monoisotopic (exact) mass is 529 g/mol. The minimum Gasteiger partial charge on any atom is -0.369 e. The van der Waals surface area contributed by atoms with E-state index in [1.165, 1.54) is 0 Å². The summed E-state index contributed by atoms with van der Waals surface area (Å²) in [5.74, 6) is -0.618. The molecule has 2 atom stereocenters. The standard InChI is InChI=1S/C30H39N7O2/c1-22-10-11-33-28(30(39)35-25-4-8-27(9-5-25)37-18-14-32-15-19-37)21-23(20-22)29(38)34-24-2-6-26(7-3-24)36-16-12-31-13-17-36/h2-9,11,21-23,31-32H,10,12-20H2,1H3,(H,34,38)(H,35,39). The van der Waals surface area contributed by atoms with Gasteiger partial charge in [-0.25, -0.2) is 0 Å². The lowest BCUT2D eigenvalue weighted by molar-refractivity contribution is -0.119. The third kappa shape index (κ3) is 7.25. The molecule has 2 aromatic rings. The maximum absolute atomic E-state index is 13.3. The number of nitrogens with one attached hydrogen (secondary N) is 4. The van der Waals surface area contributed by atoms with Crippen molar-refractivity contribution in [3.63, 3.8) is 0 Å². The zero-order valence-corrected chi connectivity index (χ0v) is 22.7. The molecule has 9 heteroatoms. The van der Waals surface area contributed by atoms with Crippen molar-refractivity contribution >= 4 is 40.8 Å². The van der Waals surface area contributed by atoms with Gasteiger partial charge >= 0.3 is 0 Å². The molecule has 3 aliphatic rings. The van der Waals surface area contributed by atoms with Crippen molar-refractivity contribution < 1.29 is 9.59 Å². The number of amides is 2. The minimum atomic E-state index is -0.457. The highest BCUT2D eigenvalue weighted by molar-refractivity contribution is 6.05. The fraction of sp³-hybridized carbons (Fsp3) is 0.433. The van der Waals surface area contributed by atoms with E-state index in [2.05, 4.69) is 43.0 Å². The first-order valence-electron chi connectivity index (χ1n) is 14.0. The summed E-state index contributed by atoms with van der Waals surface area (Å²) in [5, 5.41) is 12.7. The van der Waals surface area contributed by atoms with Crippen molar-refractivity contribution in [1.82, 2.24) is 10.6 Å². The highest BCUT2D eigenvalue weighted by atomic mass is 16.2. The lowest BCUT2D eigenvalue weighted by Crippen LogP contribution is -2.43. The molecule has 39 heavy (non-hydrogen) atoms. The Balaban J connectivity index is 1.24. The van der Waals surface area contributed by atoms with E-state index in [0.717, 1.165) is 69.4 Å². The Bertz CT molecular complexity index is 1180. The zero-order chi connectivity index (χ0) is 27.0. The predicted octanol–water partition coefficient (Wildman–Crippen LogP) is 3.08. The van der Waals surface area contributed by atoms with Crippen molar-refractivity contribution in [1.29, 1.82) is 0 Å². The predicted molar refractivity (Wildman–Crippen MR) is 159 cm³/mol. The van der Waals surface area contributed by atoms with Crippen molar-refractivity contribution in [2.24, 2.45) is 16.8 Å². The van der Waals surface area contributed by atoms with Gasteiger partial charge in [0.15, 0.2) is 0 Å². The average molecular weight is 530 g/mol. The van der Waals surface area contributed by atoms with E-state index < -0.39 is 5.92 Å². The summed E-state index contributed by atoms with van der Waals surface area (Å²) in [7, 11) is 0. The molecule has 0 bridgehead atoms. The molecule has 3 aliphatic heterocycles. The molecule has 5 rings (SSSR count). The van der Waals surface area contributed by atoms with Gasteiger partial charge in [-0.3, -0.25) is 14.6 Å². The average Bonchev–Trinajstić information content (AvgIpc) is 2.96. The van der Waals surface area contributed by atoms with E-state index in [4.69, 9.17) is 0 Å². The molecule has 2 amide bonds. The topological polar surface area (TPSA) is 101 Å². The van der Waals surface area contributed by atoms with Crippen molar-refractivity contribution in [2.45, 2.75) is 19.8 Å². The van der Waals surface area contributed by atoms with Crippen LogP contribution in [0.1, 0.15) is 19.8 Å². The molecule has 4 N–H and O–H groups in total. The van der Waals surface area contributed by atoms with Gasteiger partial charge in [0.05, 0.1) is 5.92 Å². The summed E-state index contributed by atoms with van der Waals surface area (Å²) in [5.41, 5.74) is 4.02. The second kappa shape index (κ2) is 12.9. The number of benzene rings is 2. The smallest absolute Gasteiger partial charge is 0.273 e. The Morgan fingerprint density at radius 2 is 1.31 bits per heavy atom. The van der Waals surface area contributed by atoms with Gasteiger partial charge in [-0.2, -0.15) is 0 Å². The molecule has 0 saturated carbocycles. The number of carbonyl (C=O) groups is 2. The van der Waals surface area contributed by atoms with E-state index >= 15 is 0 Å². The first-order chi connectivity index (χ1) is 19.0. The number of carbonyl (C=O) groups excluding carboxylic acids is 2. The molecule has 0 aliphatic carbocycles. The Labute approximate surface area is 230 Å². The minimum absolute atomic E-state index is 0.125. The Hall–Kier alpha value is -3.69. The number of hydrogen-bond acceptors (Lipinski definition) is 7. The molecule has 2 fully saturated rings. The van der Waals surface area contributed by atoms with Gasteiger partial charge in [0.2, 0.25) is 5.91 Å². The third-order valence-electron chi connectivity index (χ3n) is 7.55. The van der Waals surface area contributed by atoms with Gasteiger partial charge in [-0.1, -0.05) is 6.92 Å². The summed E-state index contributed by atoms with van der Waals surface area (Å²) < 4.78 is 0. The van der Waals surface area contributed by atoms with Crippen LogP contribution in [0.3, 0.4) is 0 Å². The second-order valence-electron chi connectivity index (χ2n) is 10.6. The van der Waals surface area contributed by atoms with Crippen LogP contribution in [0, 0.1) is 11.8 Å².